The zero-order valence-corrected chi connectivity index (χ0v) is 15.8. The van der Waals surface area contributed by atoms with Crippen LogP contribution >= 0.6 is 0 Å². The van der Waals surface area contributed by atoms with Gasteiger partial charge in [0.1, 0.15) is 11.9 Å². The van der Waals surface area contributed by atoms with Crippen molar-refractivity contribution in [2.24, 2.45) is 7.05 Å². The van der Waals surface area contributed by atoms with E-state index in [4.69, 9.17) is 4.74 Å². The molecule has 0 unspecified atom stereocenters. The summed E-state index contributed by atoms with van der Waals surface area (Å²) in [5.41, 5.74) is 1.07. The molecule has 2 heterocycles. The van der Waals surface area contributed by atoms with E-state index in [1.165, 1.54) is 16.8 Å². The number of nitrogens with zero attached hydrogens (tertiary/aromatic N) is 3. The Bertz CT molecular complexity index is 1000. The van der Waals surface area contributed by atoms with Gasteiger partial charge in [0, 0.05) is 25.7 Å². The van der Waals surface area contributed by atoms with Gasteiger partial charge in [-0.3, -0.25) is 0 Å². The van der Waals surface area contributed by atoms with E-state index >= 15 is 0 Å². The maximum Gasteiger partial charge on any atom is 0.262 e. The average molecular weight is 383 g/mol. The van der Waals surface area contributed by atoms with Gasteiger partial charge >= 0.3 is 0 Å². The van der Waals surface area contributed by atoms with Crippen LogP contribution in [0.25, 0.3) is 0 Å². The number of hydrogen-bond acceptors (Lipinski definition) is 4. The van der Waals surface area contributed by atoms with Crippen LogP contribution in [0.1, 0.15) is 11.5 Å². The van der Waals surface area contributed by atoms with Crippen LogP contribution in [0.2, 0.25) is 0 Å². The Morgan fingerprint density at radius 1 is 1.00 bits per heavy atom. The van der Waals surface area contributed by atoms with Gasteiger partial charge < -0.3 is 9.30 Å². The lowest BCUT2D eigenvalue weighted by Gasteiger charge is -2.20. The third-order valence-corrected chi connectivity index (χ3v) is 6.49. The first-order valence-electron chi connectivity index (χ1n) is 8.79. The predicted octanol–water partition coefficient (Wildman–Crippen LogP) is 2.66. The maximum absolute atomic E-state index is 13.0. The first-order valence-corrected chi connectivity index (χ1v) is 10.2. The quantitative estimate of drug-likeness (QED) is 0.679. The number of aryl methyl sites for hydroxylation is 1. The number of aromatic nitrogens is 2. The van der Waals surface area contributed by atoms with Gasteiger partial charge in [-0.15, -0.1) is 0 Å². The summed E-state index contributed by atoms with van der Waals surface area (Å²) < 4.78 is 35.3. The Morgan fingerprint density at radius 3 is 2.30 bits per heavy atom. The van der Waals surface area contributed by atoms with Crippen LogP contribution in [-0.4, -0.2) is 41.5 Å². The molecule has 140 valence electrons. The van der Waals surface area contributed by atoms with Gasteiger partial charge in [-0.1, -0.05) is 48.5 Å². The zero-order valence-electron chi connectivity index (χ0n) is 15.0. The van der Waals surface area contributed by atoms with Crippen LogP contribution in [0.4, 0.5) is 0 Å². The highest BCUT2D eigenvalue weighted by Crippen LogP contribution is 2.33. The fourth-order valence-electron chi connectivity index (χ4n) is 3.40. The SMILES string of the molecule is Cn1cnc(S(=O)(=O)N2C[C@H](Oc3ccccc3)[C@H](c3ccccc3)C2)c1. The molecule has 1 aromatic heterocycles. The molecule has 0 amide bonds. The lowest BCUT2D eigenvalue weighted by Crippen LogP contribution is -2.31. The summed E-state index contributed by atoms with van der Waals surface area (Å²) in [6.45, 7) is 0.647. The average Bonchev–Trinajstić information content (AvgIpc) is 3.31. The monoisotopic (exact) mass is 383 g/mol. The van der Waals surface area contributed by atoms with Crippen molar-refractivity contribution < 1.29 is 13.2 Å². The molecular formula is C20H21N3O3S. The number of ether oxygens (including phenoxy) is 1. The van der Waals surface area contributed by atoms with Crippen LogP contribution in [0.5, 0.6) is 5.75 Å². The molecule has 0 N–H and O–H groups in total. The Balaban J connectivity index is 1.64. The summed E-state index contributed by atoms with van der Waals surface area (Å²) in [6, 6.07) is 19.4. The first-order chi connectivity index (χ1) is 13.0. The molecule has 1 fully saturated rings. The molecular weight excluding hydrogens is 362 g/mol. The summed E-state index contributed by atoms with van der Waals surface area (Å²) >= 11 is 0. The molecule has 1 aliphatic rings. The second kappa shape index (κ2) is 7.17. The summed E-state index contributed by atoms with van der Waals surface area (Å²) in [6.07, 6.45) is 2.75. The second-order valence-corrected chi connectivity index (χ2v) is 8.57. The third kappa shape index (κ3) is 3.61. The topological polar surface area (TPSA) is 64.4 Å². The highest BCUT2D eigenvalue weighted by Gasteiger charge is 2.42. The minimum absolute atomic E-state index is 0.0510. The summed E-state index contributed by atoms with van der Waals surface area (Å²) in [5, 5.41) is 0.0668. The molecule has 1 aliphatic heterocycles. The second-order valence-electron chi connectivity index (χ2n) is 6.69. The molecule has 0 radical (unpaired) electrons. The summed E-state index contributed by atoms with van der Waals surface area (Å²) in [7, 11) is -1.91. The molecule has 0 spiro atoms. The van der Waals surface area contributed by atoms with Crippen molar-refractivity contribution in [3.05, 3.63) is 78.8 Å². The van der Waals surface area contributed by atoms with Crippen molar-refractivity contribution >= 4 is 10.0 Å². The van der Waals surface area contributed by atoms with Crippen molar-refractivity contribution in [1.29, 1.82) is 0 Å². The van der Waals surface area contributed by atoms with Crippen molar-refractivity contribution in [2.75, 3.05) is 13.1 Å². The number of para-hydroxylation sites is 1. The Hall–Kier alpha value is -2.64. The van der Waals surface area contributed by atoms with Gasteiger partial charge in [0.25, 0.3) is 10.0 Å². The van der Waals surface area contributed by atoms with Crippen LogP contribution in [-0.2, 0) is 17.1 Å². The summed E-state index contributed by atoms with van der Waals surface area (Å²) in [5.74, 6) is 0.686. The maximum atomic E-state index is 13.0. The van der Waals surface area contributed by atoms with Crippen molar-refractivity contribution in [1.82, 2.24) is 13.9 Å². The summed E-state index contributed by atoms with van der Waals surface area (Å²) in [4.78, 5) is 4.03. The van der Waals surface area contributed by atoms with Crippen LogP contribution < -0.4 is 4.74 Å². The van der Waals surface area contributed by atoms with E-state index in [1.807, 2.05) is 60.7 Å². The van der Waals surface area contributed by atoms with Crippen LogP contribution in [0.15, 0.2) is 78.2 Å². The lowest BCUT2D eigenvalue weighted by molar-refractivity contribution is 0.199. The van der Waals surface area contributed by atoms with E-state index in [9.17, 15) is 8.42 Å². The standard InChI is InChI=1S/C20H21N3O3S/c1-22-14-20(21-15-22)27(24,25)23-12-18(16-8-4-2-5-9-16)19(13-23)26-17-10-6-3-7-11-17/h2-11,14-15,18-19H,12-13H2,1H3/t18-,19-/m0/s1. The Labute approximate surface area is 159 Å². The number of sulfonamides is 1. The van der Waals surface area contributed by atoms with Gasteiger partial charge in [0.2, 0.25) is 0 Å². The fraction of sp³-hybridized carbons (Fsp3) is 0.250. The highest BCUT2D eigenvalue weighted by atomic mass is 32.2. The zero-order chi connectivity index (χ0) is 18.9. The minimum atomic E-state index is -3.66. The molecule has 2 atom stereocenters. The van der Waals surface area contributed by atoms with Gasteiger partial charge in [0.05, 0.1) is 12.9 Å². The highest BCUT2D eigenvalue weighted by molar-refractivity contribution is 7.89. The molecule has 0 saturated carbocycles. The molecule has 6 nitrogen and oxygen atoms in total. The van der Waals surface area contributed by atoms with E-state index in [1.54, 1.807) is 11.6 Å². The molecule has 2 aromatic carbocycles. The minimum Gasteiger partial charge on any atom is -0.488 e. The molecule has 3 aromatic rings. The van der Waals surface area contributed by atoms with Crippen LogP contribution in [0.3, 0.4) is 0 Å². The van der Waals surface area contributed by atoms with E-state index in [0.29, 0.717) is 6.54 Å². The first kappa shape index (κ1) is 17.8. The van der Waals surface area contributed by atoms with Gasteiger partial charge in [-0.05, 0) is 17.7 Å². The van der Waals surface area contributed by atoms with Crippen molar-refractivity contribution in [3.8, 4) is 5.75 Å². The molecule has 7 heteroatoms. The number of benzene rings is 2. The predicted molar refractivity (Wildman–Crippen MR) is 102 cm³/mol. The van der Waals surface area contributed by atoms with Crippen LogP contribution in [0, 0.1) is 0 Å². The van der Waals surface area contributed by atoms with Crippen molar-refractivity contribution in [3.63, 3.8) is 0 Å². The smallest absolute Gasteiger partial charge is 0.262 e. The molecule has 27 heavy (non-hydrogen) atoms. The number of hydrogen-bond donors (Lipinski definition) is 0. The molecule has 0 bridgehead atoms. The molecule has 1 saturated heterocycles. The molecule has 0 aliphatic carbocycles. The Kier molecular flexibility index (Phi) is 4.72. The lowest BCUT2D eigenvalue weighted by atomic mass is 9.96. The number of rotatable bonds is 5. The molecule has 4 rings (SSSR count). The van der Waals surface area contributed by atoms with Gasteiger partial charge in [-0.2, -0.15) is 4.31 Å². The van der Waals surface area contributed by atoms with E-state index in [0.717, 1.165) is 11.3 Å². The largest absolute Gasteiger partial charge is 0.488 e. The van der Waals surface area contributed by atoms with Crippen molar-refractivity contribution in [2.45, 2.75) is 17.0 Å². The fourth-order valence-corrected chi connectivity index (χ4v) is 4.85. The van der Waals surface area contributed by atoms with E-state index < -0.39 is 10.0 Å². The van der Waals surface area contributed by atoms with E-state index in [-0.39, 0.29) is 23.6 Å². The van der Waals surface area contributed by atoms with Gasteiger partial charge in [0.15, 0.2) is 5.03 Å². The Morgan fingerprint density at radius 2 is 1.67 bits per heavy atom. The van der Waals surface area contributed by atoms with Gasteiger partial charge in [-0.25, -0.2) is 13.4 Å². The number of imidazole rings is 1. The normalized spacial score (nSPS) is 20.6. The van der Waals surface area contributed by atoms with E-state index in [2.05, 4.69) is 4.98 Å². The third-order valence-electron chi connectivity index (χ3n) is 4.78.